The molecule has 1 aromatic rings. The summed E-state index contributed by atoms with van der Waals surface area (Å²) in [7, 11) is 0. The highest BCUT2D eigenvalue weighted by Gasteiger charge is 2.36. The lowest BCUT2D eigenvalue weighted by molar-refractivity contribution is 0.168. The maximum absolute atomic E-state index is 14.4. The monoisotopic (exact) mass is 315 g/mol. The van der Waals surface area contributed by atoms with Gasteiger partial charge < -0.3 is 15.2 Å². The van der Waals surface area contributed by atoms with E-state index in [1.807, 2.05) is 0 Å². The largest absolute Gasteiger partial charge is 0.486 e. The summed E-state index contributed by atoms with van der Waals surface area (Å²) in [4.78, 5) is 0. The average molecular weight is 316 g/mol. The first kappa shape index (κ1) is 12.2. The van der Waals surface area contributed by atoms with Gasteiger partial charge in [0.05, 0.1) is 4.47 Å². The lowest BCUT2D eigenvalue weighted by atomic mass is 9.88. The van der Waals surface area contributed by atoms with Crippen LogP contribution in [0, 0.1) is 5.82 Å². The standard InChI is InChI=1S/C13H15BrFNO2/c14-10-11(15)8(13(16)3-1-2-4-13)7-9-12(10)18-6-5-17-9/h7H,1-6,16H2. The van der Waals surface area contributed by atoms with E-state index in [2.05, 4.69) is 15.9 Å². The van der Waals surface area contributed by atoms with Crippen molar-refractivity contribution in [3.8, 4) is 11.5 Å². The molecule has 0 amide bonds. The zero-order valence-corrected chi connectivity index (χ0v) is 11.6. The lowest BCUT2D eigenvalue weighted by Gasteiger charge is -2.28. The highest BCUT2D eigenvalue weighted by molar-refractivity contribution is 9.10. The maximum atomic E-state index is 14.4. The third-order valence-corrected chi connectivity index (χ3v) is 4.46. The summed E-state index contributed by atoms with van der Waals surface area (Å²) in [6.07, 6.45) is 3.72. The van der Waals surface area contributed by atoms with Crippen molar-refractivity contribution in [2.75, 3.05) is 13.2 Å². The van der Waals surface area contributed by atoms with E-state index in [1.54, 1.807) is 6.07 Å². The van der Waals surface area contributed by atoms with Gasteiger partial charge in [-0.2, -0.15) is 0 Å². The van der Waals surface area contributed by atoms with Crippen LogP contribution >= 0.6 is 15.9 Å². The number of fused-ring (bicyclic) bond motifs is 1. The fourth-order valence-electron chi connectivity index (χ4n) is 2.76. The SMILES string of the molecule is NC1(c2cc3c(c(Br)c2F)OCCO3)CCCC1. The van der Waals surface area contributed by atoms with Crippen molar-refractivity contribution in [3.63, 3.8) is 0 Å². The second kappa shape index (κ2) is 4.38. The zero-order valence-electron chi connectivity index (χ0n) is 9.97. The molecule has 1 heterocycles. The van der Waals surface area contributed by atoms with Crippen molar-refractivity contribution in [1.82, 2.24) is 0 Å². The Labute approximate surface area is 114 Å². The predicted molar refractivity (Wildman–Crippen MR) is 69.4 cm³/mol. The number of ether oxygens (including phenoxy) is 2. The maximum Gasteiger partial charge on any atom is 0.178 e. The van der Waals surface area contributed by atoms with Crippen molar-refractivity contribution >= 4 is 15.9 Å². The van der Waals surface area contributed by atoms with Gasteiger partial charge in [-0.3, -0.25) is 0 Å². The van der Waals surface area contributed by atoms with Crippen LogP contribution in [0.3, 0.4) is 0 Å². The van der Waals surface area contributed by atoms with E-state index in [-0.39, 0.29) is 5.82 Å². The van der Waals surface area contributed by atoms with E-state index in [0.29, 0.717) is 34.7 Å². The summed E-state index contributed by atoms with van der Waals surface area (Å²) in [5.74, 6) is 0.717. The summed E-state index contributed by atoms with van der Waals surface area (Å²) in [5.41, 5.74) is 6.30. The molecule has 0 spiro atoms. The third-order valence-electron chi connectivity index (χ3n) is 3.75. The summed E-state index contributed by atoms with van der Waals surface area (Å²) in [6.45, 7) is 0.931. The molecule has 1 saturated carbocycles. The molecule has 0 saturated heterocycles. The quantitative estimate of drug-likeness (QED) is 0.866. The van der Waals surface area contributed by atoms with Crippen molar-refractivity contribution < 1.29 is 13.9 Å². The first-order valence-electron chi connectivity index (χ1n) is 6.19. The van der Waals surface area contributed by atoms with Gasteiger partial charge >= 0.3 is 0 Å². The molecule has 0 radical (unpaired) electrons. The summed E-state index contributed by atoms with van der Waals surface area (Å²) in [6, 6.07) is 1.71. The first-order valence-corrected chi connectivity index (χ1v) is 6.98. The predicted octanol–water partition coefficient (Wildman–Crippen LogP) is 3.09. The van der Waals surface area contributed by atoms with Crippen LogP contribution in [0.4, 0.5) is 4.39 Å². The van der Waals surface area contributed by atoms with Crippen LogP contribution in [0.15, 0.2) is 10.5 Å². The topological polar surface area (TPSA) is 44.5 Å². The molecule has 2 aliphatic rings. The van der Waals surface area contributed by atoms with Crippen molar-refractivity contribution in [2.45, 2.75) is 31.2 Å². The zero-order chi connectivity index (χ0) is 12.8. The van der Waals surface area contributed by atoms with Crippen LogP contribution in [-0.2, 0) is 5.54 Å². The van der Waals surface area contributed by atoms with Gasteiger partial charge in [0.25, 0.3) is 0 Å². The van der Waals surface area contributed by atoms with Gasteiger partial charge in [-0.15, -0.1) is 0 Å². The van der Waals surface area contributed by atoms with E-state index in [1.165, 1.54) is 0 Å². The van der Waals surface area contributed by atoms with Crippen LogP contribution in [0.25, 0.3) is 0 Å². The lowest BCUT2D eigenvalue weighted by Crippen LogP contribution is -2.34. The fraction of sp³-hybridized carbons (Fsp3) is 0.538. The second-order valence-corrected chi connectivity index (χ2v) is 5.73. The Kier molecular flexibility index (Phi) is 2.98. The molecule has 3 nitrogen and oxygen atoms in total. The molecular formula is C13H15BrFNO2. The molecule has 1 aliphatic carbocycles. The Morgan fingerprint density at radius 2 is 1.89 bits per heavy atom. The number of benzene rings is 1. The van der Waals surface area contributed by atoms with Crippen LogP contribution in [0.5, 0.6) is 11.5 Å². The molecule has 1 fully saturated rings. The van der Waals surface area contributed by atoms with E-state index in [9.17, 15) is 4.39 Å². The summed E-state index contributed by atoms with van der Waals surface area (Å²) in [5, 5.41) is 0. The van der Waals surface area contributed by atoms with Crippen LogP contribution in [0.1, 0.15) is 31.2 Å². The molecule has 1 aromatic carbocycles. The summed E-state index contributed by atoms with van der Waals surface area (Å²) >= 11 is 3.25. The number of halogens is 2. The molecule has 3 rings (SSSR count). The van der Waals surface area contributed by atoms with Gasteiger partial charge in [-0.1, -0.05) is 12.8 Å². The van der Waals surface area contributed by atoms with Gasteiger partial charge in [-0.25, -0.2) is 4.39 Å². The van der Waals surface area contributed by atoms with Gasteiger partial charge in [0.15, 0.2) is 11.5 Å². The van der Waals surface area contributed by atoms with E-state index < -0.39 is 5.54 Å². The van der Waals surface area contributed by atoms with Crippen molar-refractivity contribution in [1.29, 1.82) is 0 Å². The number of rotatable bonds is 1. The van der Waals surface area contributed by atoms with Crippen LogP contribution < -0.4 is 15.2 Å². The van der Waals surface area contributed by atoms with Crippen LogP contribution in [-0.4, -0.2) is 13.2 Å². The molecule has 1 aliphatic heterocycles. The molecule has 2 N–H and O–H groups in total. The van der Waals surface area contributed by atoms with E-state index in [4.69, 9.17) is 15.2 Å². The van der Waals surface area contributed by atoms with Gasteiger partial charge in [-0.05, 0) is 34.8 Å². The van der Waals surface area contributed by atoms with Crippen LogP contribution in [0.2, 0.25) is 0 Å². The molecular weight excluding hydrogens is 301 g/mol. The minimum atomic E-state index is -0.567. The van der Waals surface area contributed by atoms with E-state index >= 15 is 0 Å². The molecule has 0 bridgehead atoms. The molecule has 0 atom stereocenters. The molecule has 0 aromatic heterocycles. The fourth-order valence-corrected chi connectivity index (χ4v) is 3.28. The Morgan fingerprint density at radius 3 is 2.61 bits per heavy atom. The van der Waals surface area contributed by atoms with Gasteiger partial charge in [0.2, 0.25) is 0 Å². The highest BCUT2D eigenvalue weighted by Crippen LogP contribution is 2.46. The smallest absolute Gasteiger partial charge is 0.178 e. The first-order chi connectivity index (χ1) is 8.62. The molecule has 98 valence electrons. The number of nitrogens with two attached hydrogens (primary N) is 1. The minimum Gasteiger partial charge on any atom is -0.486 e. The normalized spacial score (nSPS) is 21.1. The van der Waals surface area contributed by atoms with E-state index in [0.717, 1.165) is 25.7 Å². The highest BCUT2D eigenvalue weighted by atomic mass is 79.9. The Morgan fingerprint density at radius 1 is 1.22 bits per heavy atom. The van der Waals surface area contributed by atoms with Gasteiger partial charge in [0.1, 0.15) is 19.0 Å². The minimum absolute atomic E-state index is 0.316. The Bertz CT molecular complexity index is 486. The molecule has 18 heavy (non-hydrogen) atoms. The summed E-state index contributed by atoms with van der Waals surface area (Å²) < 4.78 is 25.7. The second-order valence-electron chi connectivity index (χ2n) is 4.94. The average Bonchev–Trinajstić information content (AvgIpc) is 2.82. The Balaban J connectivity index is 2.13. The van der Waals surface area contributed by atoms with Gasteiger partial charge in [0, 0.05) is 11.1 Å². The van der Waals surface area contributed by atoms with Crippen molar-refractivity contribution in [2.24, 2.45) is 5.73 Å². The number of hydrogen-bond donors (Lipinski definition) is 1. The molecule has 0 unspecified atom stereocenters. The van der Waals surface area contributed by atoms with Crippen molar-refractivity contribution in [3.05, 3.63) is 21.9 Å². The molecule has 5 heteroatoms. The Hall–Kier alpha value is -0.810. The third kappa shape index (κ3) is 1.80. The number of hydrogen-bond acceptors (Lipinski definition) is 3.